The Bertz CT molecular complexity index is 537. The van der Waals surface area contributed by atoms with Gasteiger partial charge in [-0.2, -0.15) is 5.26 Å². The molecule has 1 aromatic rings. The molecule has 0 amide bonds. The van der Waals surface area contributed by atoms with Crippen molar-refractivity contribution in [2.45, 2.75) is 11.3 Å². The van der Waals surface area contributed by atoms with Crippen LogP contribution in [-0.4, -0.2) is 21.5 Å². The second-order valence-corrected chi connectivity index (χ2v) is 6.01. The monoisotopic (exact) mass is 317 g/mol. The van der Waals surface area contributed by atoms with Crippen molar-refractivity contribution in [2.75, 3.05) is 13.1 Å². The lowest BCUT2D eigenvalue weighted by Gasteiger charge is -2.06. The first-order valence-electron chi connectivity index (χ1n) is 4.90. The molecule has 3 N–H and O–H groups in total. The molecule has 1 aromatic carbocycles. The molecule has 0 saturated heterocycles. The van der Waals surface area contributed by atoms with Gasteiger partial charge in [0.05, 0.1) is 16.5 Å². The van der Waals surface area contributed by atoms with Crippen LogP contribution in [0.1, 0.15) is 12.0 Å². The van der Waals surface area contributed by atoms with Gasteiger partial charge in [-0.05, 0) is 31.2 Å². The number of rotatable bonds is 5. The van der Waals surface area contributed by atoms with Crippen molar-refractivity contribution < 1.29 is 8.42 Å². The number of halogens is 1. The SMILES string of the molecule is N#Cc1cc(Br)cc(S(=O)(=O)NCCCN)c1. The van der Waals surface area contributed by atoms with Crippen LogP contribution in [0.3, 0.4) is 0 Å². The molecule has 0 bridgehead atoms. The van der Waals surface area contributed by atoms with E-state index in [9.17, 15) is 8.42 Å². The van der Waals surface area contributed by atoms with Gasteiger partial charge in [0.15, 0.2) is 0 Å². The van der Waals surface area contributed by atoms with E-state index in [1.54, 1.807) is 6.07 Å². The normalized spacial score (nSPS) is 11.1. The van der Waals surface area contributed by atoms with Crippen LogP contribution in [0.15, 0.2) is 27.6 Å². The van der Waals surface area contributed by atoms with Crippen molar-refractivity contribution in [2.24, 2.45) is 5.73 Å². The average molecular weight is 318 g/mol. The summed E-state index contributed by atoms with van der Waals surface area (Å²) in [6, 6.07) is 6.24. The highest BCUT2D eigenvalue weighted by molar-refractivity contribution is 9.10. The molecule has 0 saturated carbocycles. The predicted octanol–water partition coefficient (Wildman–Crippen LogP) is 0.948. The second-order valence-electron chi connectivity index (χ2n) is 3.33. The zero-order valence-corrected chi connectivity index (χ0v) is 11.4. The molecule has 92 valence electrons. The minimum Gasteiger partial charge on any atom is -0.330 e. The van der Waals surface area contributed by atoms with Gasteiger partial charge in [0.25, 0.3) is 0 Å². The summed E-state index contributed by atoms with van der Waals surface area (Å²) in [7, 11) is -3.57. The lowest BCUT2D eigenvalue weighted by atomic mass is 10.2. The molecule has 0 aromatic heterocycles. The van der Waals surface area contributed by atoms with E-state index < -0.39 is 10.0 Å². The Morgan fingerprint density at radius 1 is 1.41 bits per heavy atom. The van der Waals surface area contributed by atoms with Crippen LogP contribution in [0.5, 0.6) is 0 Å². The summed E-state index contributed by atoms with van der Waals surface area (Å²) in [5.41, 5.74) is 5.57. The third-order valence-electron chi connectivity index (χ3n) is 1.98. The number of nitrogens with one attached hydrogen (secondary N) is 1. The highest BCUT2D eigenvalue weighted by Crippen LogP contribution is 2.19. The fourth-order valence-corrected chi connectivity index (χ4v) is 2.96. The van der Waals surface area contributed by atoms with Gasteiger partial charge in [-0.1, -0.05) is 15.9 Å². The van der Waals surface area contributed by atoms with Gasteiger partial charge in [-0.15, -0.1) is 0 Å². The van der Waals surface area contributed by atoms with Crippen molar-refractivity contribution in [3.8, 4) is 6.07 Å². The van der Waals surface area contributed by atoms with Crippen molar-refractivity contribution in [1.29, 1.82) is 5.26 Å². The van der Waals surface area contributed by atoms with Crippen LogP contribution < -0.4 is 10.5 Å². The van der Waals surface area contributed by atoms with Gasteiger partial charge < -0.3 is 5.73 Å². The van der Waals surface area contributed by atoms with E-state index in [1.165, 1.54) is 12.1 Å². The van der Waals surface area contributed by atoms with E-state index in [1.807, 2.05) is 6.07 Å². The van der Waals surface area contributed by atoms with Crippen LogP contribution in [0.4, 0.5) is 0 Å². The topological polar surface area (TPSA) is 96.0 Å². The fourth-order valence-electron chi connectivity index (χ4n) is 1.17. The molecule has 0 atom stereocenters. The van der Waals surface area contributed by atoms with Crippen LogP contribution in [-0.2, 0) is 10.0 Å². The largest absolute Gasteiger partial charge is 0.330 e. The second kappa shape index (κ2) is 6.12. The maximum atomic E-state index is 11.8. The molecule has 7 heteroatoms. The summed E-state index contributed by atoms with van der Waals surface area (Å²) in [5, 5.41) is 8.76. The molecular formula is C10H12BrN3O2S. The summed E-state index contributed by atoms with van der Waals surface area (Å²) in [6.45, 7) is 0.706. The van der Waals surface area contributed by atoms with Gasteiger partial charge >= 0.3 is 0 Å². The van der Waals surface area contributed by atoms with Gasteiger partial charge in [0, 0.05) is 11.0 Å². The van der Waals surface area contributed by atoms with Gasteiger partial charge in [0.1, 0.15) is 0 Å². The standard InChI is InChI=1S/C10H12BrN3O2S/c11-9-4-8(7-13)5-10(6-9)17(15,16)14-3-1-2-12/h4-6,14H,1-3,12H2. The summed E-state index contributed by atoms with van der Waals surface area (Å²) in [4.78, 5) is 0.0699. The Kier molecular flexibility index (Phi) is 5.08. The quantitative estimate of drug-likeness (QED) is 0.790. The number of hydrogen-bond donors (Lipinski definition) is 2. The van der Waals surface area contributed by atoms with E-state index in [4.69, 9.17) is 11.0 Å². The Balaban J connectivity index is 2.99. The van der Waals surface area contributed by atoms with Gasteiger partial charge in [0.2, 0.25) is 10.0 Å². The lowest BCUT2D eigenvalue weighted by molar-refractivity contribution is 0.579. The molecule has 17 heavy (non-hydrogen) atoms. The predicted molar refractivity (Wildman–Crippen MR) is 67.7 cm³/mol. The van der Waals surface area contributed by atoms with Crippen molar-refractivity contribution in [1.82, 2.24) is 4.72 Å². The smallest absolute Gasteiger partial charge is 0.240 e. The summed E-state index contributed by atoms with van der Waals surface area (Å²) < 4.78 is 26.7. The van der Waals surface area contributed by atoms with E-state index in [-0.39, 0.29) is 11.4 Å². The number of hydrogen-bond acceptors (Lipinski definition) is 4. The summed E-state index contributed by atoms with van der Waals surface area (Å²) in [5.74, 6) is 0. The Hall–Kier alpha value is -0.940. The number of nitrogens with two attached hydrogens (primary N) is 1. The highest BCUT2D eigenvalue weighted by atomic mass is 79.9. The minimum absolute atomic E-state index is 0.0699. The zero-order valence-electron chi connectivity index (χ0n) is 8.98. The molecule has 5 nitrogen and oxygen atoms in total. The Morgan fingerprint density at radius 2 is 2.12 bits per heavy atom. The van der Waals surface area contributed by atoms with Crippen LogP contribution in [0, 0.1) is 11.3 Å². The molecular weight excluding hydrogens is 306 g/mol. The van der Waals surface area contributed by atoms with Crippen LogP contribution >= 0.6 is 15.9 Å². The zero-order chi connectivity index (χ0) is 12.9. The molecule has 0 radical (unpaired) electrons. The first-order valence-corrected chi connectivity index (χ1v) is 7.17. The average Bonchev–Trinajstić information content (AvgIpc) is 2.28. The van der Waals surface area contributed by atoms with Crippen LogP contribution in [0.2, 0.25) is 0 Å². The number of nitrogens with zero attached hydrogens (tertiary/aromatic N) is 1. The molecule has 0 fully saturated rings. The number of sulfonamides is 1. The minimum atomic E-state index is -3.57. The maximum Gasteiger partial charge on any atom is 0.240 e. The molecule has 0 aliphatic rings. The summed E-state index contributed by atoms with van der Waals surface area (Å²) >= 11 is 3.16. The molecule has 1 rings (SSSR count). The van der Waals surface area contributed by atoms with E-state index in [2.05, 4.69) is 20.7 Å². The third kappa shape index (κ3) is 4.09. The van der Waals surface area contributed by atoms with E-state index in [0.29, 0.717) is 23.0 Å². The first-order chi connectivity index (χ1) is 7.99. The molecule has 0 spiro atoms. The first kappa shape index (κ1) is 14.1. The van der Waals surface area contributed by atoms with Crippen LogP contribution in [0.25, 0.3) is 0 Å². The molecule has 0 aliphatic heterocycles. The molecule has 0 heterocycles. The lowest BCUT2D eigenvalue weighted by Crippen LogP contribution is -2.26. The van der Waals surface area contributed by atoms with E-state index in [0.717, 1.165) is 0 Å². The number of benzene rings is 1. The van der Waals surface area contributed by atoms with Crippen molar-refractivity contribution in [3.63, 3.8) is 0 Å². The van der Waals surface area contributed by atoms with Gasteiger partial charge in [-0.3, -0.25) is 0 Å². The molecule has 0 unspecified atom stereocenters. The summed E-state index contributed by atoms with van der Waals surface area (Å²) in [6.07, 6.45) is 0.568. The molecule has 0 aliphatic carbocycles. The highest BCUT2D eigenvalue weighted by Gasteiger charge is 2.14. The van der Waals surface area contributed by atoms with Gasteiger partial charge in [-0.25, -0.2) is 13.1 Å². The third-order valence-corrected chi connectivity index (χ3v) is 3.88. The van der Waals surface area contributed by atoms with Crippen molar-refractivity contribution in [3.05, 3.63) is 28.2 Å². The van der Waals surface area contributed by atoms with E-state index >= 15 is 0 Å². The van der Waals surface area contributed by atoms with Crippen molar-refractivity contribution >= 4 is 26.0 Å². The Labute approximate surface area is 109 Å². The Morgan fingerprint density at radius 3 is 2.71 bits per heavy atom. The fraction of sp³-hybridized carbons (Fsp3) is 0.300. The number of nitriles is 1. The maximum absolute atomic E-state index is 11.8.